The molecule has 1 amide bonds. The maximum absolute atomic E-state index is 12.5. The lowest BCUT2D eigenvalue weighted by molar-refractivity contribution is -0.141. The summed E-state index contributed by atoms with van der Waals surface area (Å²) in [4.78, 5) is 23.3. The Labute approximate surface area is 158 Å². The van der Waals surface area contributed by atoms with Crippen molar-refractivity contribution in [2.24, 2.45) is 5.10 Å². The van der Waals surface area contributed by atoms with Crippen molar-refractivity contribution in [2.45, 2.75) is 25.3 Å². The number of carbonyl (C=O) groups excluding carboxylic acids is 1. The summed E-state index contributed by atoms with van der Waals surface area (Å²) in [6, 6.07) is 13.9. The molecule has 0 bridgehead atoms. The number of hydrazone groups is 1. The van der Waals surface area contributed by atoms with Gasteiger partial charge in [-0.1, -0.05) is 46.3 Å². The standard InChI is InChI=1S/C19H17BrN2O4/c20-13-7-5-12(6-8-13)15-11-16(14-3-1-2-4-17(14)23)22(21-15)18(24)9-10-19(25)26/h1-8,16,23H,9-11H2,(H,25,26). The zero-order chi connectivity index (χ0) is 18.7. The zero-order valence-electron chi connectivity index (χ0n) is 13.8. The van der Waals surface area contributed by atoms with Gasteiger partial charge in [-0.3, -0.25) is 9.59 Å². The van der Waals surface area contributed by atoms with Gasteiger partial charge in [0.2, 0.25) is 5.91 Å². The topological polar surface area (TPSA) is 90.2 Å². The zero-order valence-corrected chi connectivity index (χ0v) is 15.4. The largest absolute Gasteiger partial charge is 0.508 e. The number of carboxylic acids is 1. The molecule has 1 aliphatic rings. The first-order valence-electron chi connectivity index (χ1n) is 8.11. The van der Waals surface area contributed by atoms with Gasteiger partial charge in [-0.2, -0.15) is 5.10 Å². The van der Waals surface area contributed by atoms with E-state index >= 15 is 0 Å². The van der Waals surface area contributed by atoms with E-state index in [9.17, 15) is 14.7 Å². The molecule has 0 aliphatic carbocycles. The number of para-hydroxylation sites is 1. The molecule has 0 spiro atoms. The first kappa shape index (κ1) is 18.1. The quantitative estimate of drug-likeness (QED) is 0.777. The van der Waals surface area contributed by atoms with Crippen LogP contribution in [-0.2, 0) is 9.59 Å². The van der Waals surface area contributed by atoms with Crippen LogP contribution in [0, 0.1) is 0 Å². The van der Waals surface area contributed by atoms with Crippen molar-refractivity contribution in [3.8, 4) is 5.75 Å². The minimum Gasteiger partial charge on any atom is -0.508 e. The van der Waals surface area contributed by atoms with Crippen LogP contribution in [0.5, 0.6) is 5.75 Å². The van der Waals surface area contributed by atoms with Crippen molar-refractivity contribution in [1.82, 2.24) is 5.01 Å². The van der Waals surface area contributed by atoms with Crippen LogP contribution in [0.15, 0.2) is 58.1 Å². The lowest BCUT2D eigenvalue weighted by atomic mass is 9.97. The fourth-order valence-electron chi connectivity index (χ4n) is 2.90. The fourth-order valence-corrected chi connectivity index (χ4v) is 3.16. The fraction of sp³-hybridized carbons (Fsp3) is 0.211. The summed E-state index contributed by atoms with van der Waals surface area (Å²) < 4.78 is 0.937. The number of phenols is 1. The molecule has 0 saturated carbocycles. The van der Waals surface area contributed by atoms with Gasteiger partial charge in [0.05, 0.1) is 18.2 Å². The second-order valence-electron chi connectivity index (χ2n) is 5.96. The van der Waals surface area contributed by atoms with Crippen molar-refractivity contribution in [3.05, 3.63) is 64.1 Å². The molecule has 7 heteroatoms. The number of carbonyl (C=O) groups is 2. The number of carboxylic acid groups (broad SMARTS) is 1. The predicted molar refractivity (Wildman–Crippen MR) is 99.9 cm³/mol. The van der Waals surface area contributed by atoms with Gasteiger partial charge in [-0.25, -0.2) is 5.01 Å². The Kier molecular flexibility index (Phi) is 5.37. The molecule has 0 saturated heterocycles. The van der Waals surface area contributed by atoms with Gasteiger partial charge < -0.3 is 10.2 Å². The minimum absolute atomic E-state index is 0.0841. The molecule has 3 rings (SSSR count). The van der Waals surface area contributed by atoms with E-state index in [0.717, 1.165) is 15.7 Å². The number of phenolic OH excluding ortho intramolecular Hbond substituents is 1. The summed E-state index contributed by atoms with van der Waals surface area (Å²) in [6.07, 6.45) is 0.0422. The number of hydrogen-bond acceptors (Lipinski definition) is 4. The maximum atomic E-state index is 12.5. The van der Waals surface area contributed by atoms with E-state index in [2.05, 4.69) is 21.0 Å². The average Bonchev–Trinajstić information content (AvgIpc) is 3.06. The van der Waals surface area contributed by atoms with Gasteiger partial charge in [0.1, 0.15) is 5.75 Å². The smallest absolute Gasteiger partial charge is 0.303 e. The van der Waals surface area contributed by atoms with Gasteiger partial charge in [-0.05, 0) is 23.8 Å². The Morgan fingerprint density at radius 1 is 1.12 bits per heavy atom. The van der Waals surface area contributed by atoms with E-state index in [4.69, 9.17) is 5.11 Å². The molecule has 134 valence electrons. The Morgan fingerprint density at radius 3 is 2.46 bits per heavy atom. The molecule has 2 aromatic rings. The van der Waals surface area contributed by atoms with Crippen molar-refractivity contribution in [1.29, 1.82) is 0 Å². The molecular formula is C19H17BrN2O4. The summed E-state index contributed by atoms with van der Waals surface area (Å²) in [5.41, 5.74) is 2.18. The molecule has 1 heterocycles. The number of aliphatic carboxylic acids is 1. The van der Waals surface area contributed by atoms with Crippen LogP contribution < -0.4 is 0 Å². The second-order valence-corrected chi connectivity index (χ2v) is 6.88. The monoisotopic (exact) mass is 416 g/mol. The Bertz CT molecular complexity index is 864. The van der Waals surface area contributed by atoms with Gasteiger partial charge >= 0.3 is 5.97 Å². The third-order valence-electron chi connectivity index (χ3n) is 4.19. The summed E-state index contributed by atoms with van der Waals surface area (Å²) in [6.45, 7) is 0. The molecule has 1 aliphatic heterocycles. The van der Waals surface area contributed by atoms with Crippen LogP contribution in [0.1, 0.15) is 36.4 Å². The third kappa shape index (κ3) is 3.94. The first-order chi connectivity index (χ1) is 12.5. The summed E-state index contributed by atoms with van der Waals surface area (Å²) >= 11 is 3.39. The number of rotatable bonds is 5. The van der Waals surface area contributed by atoms with Gasteiger partial charge in [0.15, 0.2) is 0 Å². The van der Waals surface area contributed by atoms with E-state index < -0.39 is 12.0 Å². The first-order valence-corrected chi connectivity index (χ1v) is 8.90. The predicted octanol–water partition coefficient (Wildman–Crippen LogP) is 3.70. The average molecular weight is 417 g/mol. The van der Waals surface area contributed by atoms with Crippen LogP contribution in [0.4, 0.5) is 0 Å². The molecule has 1 unspecified atom stereocenters. The Balaban J connectivity index is 1.93. The van der Waals surface area contributed by atoms with Crippen molar-refractivity contribution in [2.75, 3.05) is 0 Å². The van der Waals surface area contributed by atoms with Crippen LogP contribution in [0.25, 0.3) is 0 Å². The summed E-state index contributed by atoms with van der Waals surface area (Å²) in [5.74, 6) is -1.33. The van der Waals surface area contributed by atoms with Crippen LogP contribution in [0.3, 0.4) is 0 Å². The summed E-state index contributed by atoms with van der Waals surface area (Å²) in [7, 11) is 0. The van der Waals surface area contributed by atoms with Crippen molar-refractivity contribution < 1.29 is 19.8 Å². The highest BCUT2D eigenvalue weighted by molar-refractivity contribution is 9.10. The molecule has 1 atom stereocenters. The van der Waals surface area contributed by atoms with E-state index in [1.807, 2.05) is 24.3 Å². The van der Waals surface area contributed by atoms with Crippen LogP contribution in [0.2, 0.25) is 0 Å². The normalized spacial score (nSPS) is 16.4. The number of amides is 1. The van der Waals surface area contributed by atoms with E-state index in [-0.39, 0.29) is 24.5 Å². The van der Waals surface area contributed by atoms with E-state index in [0.29, 0.717) is 12.0 Å². The lowest BCUT2D eigenvalue weighted by Gasteiger charge is -2.22. The van der Waals surface area contributed by atoms with Gasteiger partial charge in [0, 0.05) is 22.9 Å². The SMILES string of the molecule is O=C(O)CCC(=O)N1N=C(c2ccc(Br)cc2)CC1c1ccccc1O. The highest BCUT2D eigenvalue weighted by Crippen LogP contribution is 2.37. The number of nitrogens with zero attached hydrogens (tertiary/aromatic N) is 2. The molecule has 0 fully saturated rings. The number of halogens is 1. The molecule has 0 radical (unpaired) electrons. The Hall–Kier alpha value is -2.67. The second kappa shape index (κ2) is 7.70. The van der Waals surface area contributed by atoms with E-state index in [1.165, 1.54) is 5.01 Å². The Morgan fingerprint density at radius 2 is 1.81 bits per heavy atom. The van der Waals surface area contributed by atoms with Gasteiger partial charge in [-0.15, -0.1) is 0 Å². The number of aromatic hydroxyl groups is 1. The third-order valence-corrected chi connectivity index (χ3v) is 4.72. The highest BCUT2D eigenvalue weighted by atomic mass is 79.9. The van der Waals surface area contributed by atoms with Crippen LogP contribution >= 0.6 is 15.9 Å². The molecule has 26 heavy (non-hydrogen) atoms. The molecule has 0 aromatic heterocycles. The van der Waals surface area contributed by atoms with E-state index in [1.54, 1.807) is 24.3 Å². The molecule has 2 aromatic carbocycles. The van der Waals surface area contributed by atoms with Crippen molar-refractivity contribution >= 4 is 33.5 Å². The molecular weight excluding hydrogens is 400 g/mol. The van der Waals surface area contributed by atoms with Crippen molar-refractivity contribution in [3.63, 3.8) is 0 Å². The molecule has 2 N–H and O–H groups in total. The highest BCUT2D eigenvalue weighted by Gasteiger charge is 2.34. The molecule has 6 nitrogen and oxygen atoms in total. The maximum Gasteiger partial charge on any atom is 0.303 e. The lowest BCUT2D eigenvalue weighted by Crippen LogP contribution is -2.27. The number of benzene rings is 2. The van der Waals surface area contributed by atoms with Gasteiger partial charge in [0.25, 0.3) is 0 Å². The number of hydrogen-bond donors (Lipinski definition) is 2. The minimum atomic E-state index is -1.03. The summed E-state index contributed by atoms with van der Waals surface area (Å²) in [5, 5.41) is 24.8. The van der Waals surface area contributed by atoms with Crippen LogP contribution in [-0.4, -0.2) is 32.8 Å².